The first-order chi connectivity index (χ1) is 17.1. The zero-order valence-electron chi connectivity index (χ0n) is 20.5. The van der Waals surface area contributed by atoms with Crippen LogP contribution < -0.4 is 5.32 Å². The Morgan fingerprint density at radius 1 is 1.19 bits per heavy atom. The third-order valence-corrected chi connectivity index (χ3v) is 7.36. The van der Waals surface area contributed by atoms with Gasteiger partial charge in [0.1, 0.15) is 6.54 Å². The predicted molar refractivity (Wildman–Crippen MR) is 131 cm³/mol. The summed E-state index contributed by atoms with van der Waals surface area (Å²) >= 11 is 0. The van der Waals surface area contributed by atoms with E-state index in [2.05, 4.69) is 10.3 Å². The normalized spacial score (nSPS) is 25.4. The van der Waals surface area contributed by atoms with Crippen LogP contribution in [0.1, 0.15) is 54.5 Å². The Labute approximate surface area is 209 Å². The molecule has 3 atom stereocenters. The van der Waals surface area contributed by atoms with Crippen molar-refractivity contribution in [2.24, 2.45) is 4.99 Å². The number of ether oxygens (including phenoxy) is 1. The molecule has 0 aliphatic carbocycles. The van der Waals surface area contributed by atoms with E-state index >= 15 is 0 Å². The molecule has 0 saturated carbocycles. The second kappa shape index (κ2) is 10.3. The van der Waals surface area contributed by atoms with Crippen LogP contribution in [0.2, 0.25) is 0 Å². The fourth-order valence-corrected chi connectivity index (χ4v) is 5.22. The molecule has 194 valence electrons. The number of piperidine rings is 1. The van der Waals surface area contributed by atoms with Gasteiger partial charge in [0.15, 0.2) is 0 Å². The summed E-state index contributed by atoms with van der Waals surface area (Å²) in [6.45, 7) is 4.08. The number of nitrogens with one attached hydrogen (secondary N) is 1. The number of carbonyl (C=O) groups excluding carboxylic acids is 1. The average molecular weight is 504 g/mol. The molecule has 0 bridgehead atoms. The number of nitrogens with zero attached hydrogens (tertiary/aromatic N) is 2. The highest BCUT2D eigenvalue weighted by Crippen LogP contribution is 2.40. The molecule has 2 aliphatic rings. The van der Waals surface area contributed by atoms with E-state index in [9.17, 15) is 23.1 Å². The predicted octanol–water partition coefficient (Wildman–Crippen LogP) is 4.36. The molecule has 1 saturated heterocycles. The van der Waals surface area contributed by atoms with Gasteiger partial charge in [-0.15, -0.1) is 0 Å². The maximum atomic E-state index is 13.4. The number of aliphatic hydroxyl groups is 1. The minimum absolute atomic E-state index is 0.0694. The number of rotatable bonds is 8. The van der Waals surface area contributed by atoms with E-state index in [1.807, 2.05) is 30.3 Å². The van der Waals surface area contributed by atoms with Crippen molar-refractivity contribution in [1.29, 1.82) is 0 Å². The zero-order chi connectivity index (χ0) is 26.0. The Bertz CT molecular complexity index is 1100. The molecule has 36 heavy (non-hydrogen) atoms. The van der Waals surface area contributed by atoms with Crippen LogP contribution in [0.15, 0.2) is 53.5 Å². The van der Waals surface area contributed by atoms with E-state index < -0.39 is 28.9 Å². The quantitative estimate of drug-likeness (QED) is 0.562. The van der Waals surface area contributed by atoms with Gasteiger partial charge in [-0.2, -0.15) is 13.2 Å². The van der Waals surface area contributed by atoms with Crippen molar-refractivity contribution < 1.29 is 27.8 Å². The highest BCUT2D eigenvalue weighted by atomic mass is 19.4. The number of hydrogen-bond donors (Lipinski definition) is 2. The SMILES string of the molecule is Cc1cc([C@@H](C)OC[C@@]2(c3ccccc3)CC[C@](CCO)(N3C=NCC3=O)CN2)cc(C(F)(F)F)c1. The first kappa shape index (κ1) is 26.3. The van der Waals surface area contributed by atoms with Crippen LogP contribution >= 0.6 is 0 Å². The first-order valence-electron chi connectivity index (χ1n) is 12.1. The van der Waals surface area contributed by atoms with Gasteiger partial charge in [-0.05, 0) is 56.4 Å². The number of carbonyl (C=O) groups is 1. The summed E-state index contributed by atoms with van der Waals surface area (Å²) in [4.78, 5) is 18.2. The topological polar surface area (TPSA) is 74.2 Å². The Hall–Kier alpha value is -2.75. The molecule has 2 N–H and O–H groups in total. The summed E-state index contributed by atoms with van der Waals surface area (Å²) in [6, 6.07) is 13.8. The van der Waals surface area contributed by atoms with E-state index in [4.69, 9.17) is 4.74 Å². The largest absolute Gasteiger partial charge is 0.416 e. The Morgan fingerprint density at radius 3 is 2.53 bits per heavy atom. The molecule has 2 aromatic carbocycles. The van der Waals surface area contributed by atoms with Gasteiger partial charge >= 0.3 is 6.18 Å². The number of hydrogen-bond acceptors (Lipinski definition) is 5. The summed E-state index contributed by atoms with van der Waals surface area (Å²) in [5, 5.41) is 13.4. The summed E-state index contributed by atoms with van der Waals surface area (Å²) in [5.41, 5.74) is 0.0898. The zero-order valence-corrected chi connectivity index (χ0v) is 20.5. The Balaban J connectivity index is 1.57. The molecule has 1 fully saturated rings. The number of aliphatic imine (C=N–C) groups is 1. The molecule has 0 unspecified atom stereocenters. The lowest BCUT2D eigenvalue weighted by atomic mass is 9.74. The summed E-state index contributed by atoms with van der Waals surface area (Å²) < 4.78 is 46.3. The molecule has 0 spiro atoms. The van der Waals surface area contributed by atoms with Gasteiger partial charge < -0.3 is 15.2 Å². The van der Waals surface area contributed by atoms with Crippen LogP contribution in [-0.2, 0) is 21.2 Å². The van der Waals surface area contributed by atoms with Crippen molar-refractivity contribution in [2.45, 2.75) is 56.5 Å². The third-order valence-electron chi connectivity index (χ3n) is 7.36. The van der Waals surface area contributed by atoms with Gasteiger partial charge in [0.2, 0.25) is 5.91 Å². The van der Waals surface area contributed by atoms with E-state index in [-0.39, 0.29) is 25.7 Å². The lowest BCUT2D eigenvalue weighted by Crippen LogP contribution is -2.64. The molecule has 0 radical (unpaired) electrons. The summed E-state index contributed by atoms with van der Waals surface area (Å²) in [6.07, 6.45) is -1.82. The first-order valence-corrected chi connectivity index (χ1v) is 12.1. The molecule has 2 aliphatic heterocycles. The van der Waals surface area contributed by atoms with Crippen LogP contribution in [0.4, 0.5) is 13.2 Å². The van der Waals surface area contributed by atoms with E-state index in [0.717, 1.165) is 17.7 Å². The molecule has 4 rings (SSSR count). The third kappa shape index (κ3) is 5.33. The highest BCUT2D eigenvalue weighted by molar-refractivity contribution is 5.95. The van der Waals surface area contributed by atoms with Crippen molar-refractivity contribution >= 4 is 12.2 Å². The molecule has 0 aromatic heterocycles. The van der Waals surface area contributed by atoms with Crippen molar-refractivity contribution in [3.63, 3.8) is 0 Å². The lowest BCUT2D eigenvalue weighted by molar-refractivity contribution is -0.137. The van der Waals surface area contributed by atoms with Gasteiger partial charge in [0, 0.05) is 13.2 Å². The van der Waals surface area contributed by atoms with E-state index in [1.165, 1.54) is 0 Å². The maximum absolute atomic E-state index is 13.4. The van der Waals surface area contributed by atoms with E-state index in [1.54, 1.807) is 31.2 Å². The molecule has 9 heteroatoms. The standard InChI is InChI=1S/C27H32F3N3O3/c1-19-12-21(14-23(13-19)27(28,29)30)20(2)36-17-26(22-6-4-3-5-7-22)9-8-25(10-11-34,16-32-26)33-18-31-15-24(33)35/h3-7,12-14,18,20,32,34H,8-11,15-17H2,1-2H3/t20-,25-,26-/m1/s1. The van der Waals surface area contributed by atoms with Crippen LogP contribution in [0, 0.1) is 6.92 Å². The van der Waals surface area contributed by atoms with Crippen molar-refractivity contribution in [2.75, 3.05) is 26.3 Å². The smallest absolute Gasteiger partial charge is 0.396 e. The van der Waals surface area contributed by atoms with Gasteiger partial charge in [-0.1, -0.05) is 42.0 Å². The van der Waals surface area contributed by atoms with Gasteiger partial charge in [0.05, 0.1) is 35.7 Å². The molecular weight excluding hydrogens is 471 g/mol. The molecular formula is C27H32F3N3O3. The second-order valence-corrected chi connectivity index (χ2v) is 9.80. The lowest BCUT2D eigenvalue weighted by Gasteiger charge is -2.50. The van der Waals surface area contributed by atoms with Gasteiger partial charge in [-0.3, -0.25) is 14.7 Å². The van der Waals surface area contributed by atoms with Crippen LogP contribution in [0.25, 0.3) is 0 Å². The molecule has 2 heterocycles. The van der Waals surface area contributed by atoms with Crippen molar-refractivity contribution in [3.05, 3.63) is 70.8 Å². The molecule has 1 amide bonds. The average Bonchev–Trinajstić information content (AvgIpc) is 3.30. The Kier molecular flexibility index (Phi) is 7.54. The maximum Gasteiger partial charge on any atom is 0.416 e. The van der Waals surface area contributed by atoms with Crippen LogP contribution in [0.3, 0.4) is 0 Å². The minimum atomic E-state index is -4.43. The second-order valence-electron chi connectivity index (χ2n) is 9.80. The Morgan fingerprint density at radius 2 is 1.94 bits per heavy atom. The van der Waals surface area contributed by atoms with Crippen molar-refractivity contribution in [3.8, 4) is 0 Å². The van der Waals surface area contributed by atoms with Crippen LogP contribution in [-0.4, -0.2) is 54.1 Å². The minimum Gasteiger partial charge on any atom is -0.396 e. The number of alkyl halides is 3. The highest BCUT2D eigenvalue weighted by Gasteiger charge is 2.48. The fraction of sp³-hybridized carbons (Fsp3) is 0.481. The monoisotopic (exact) mass is 503 g/mol. The fourth-order valence-electron chi connectivity index (χ4n) is 5.22. The number of halogens is 3. The summed E-state index contributed by atoms with van der Waals surface area (Å²) in [7, 11) is 0. The number of amides is 1. The van der Waals surface area contributed by atoms with Crippen LogP contribution in [0.5, 0.6) is 0 Å². The number of aryl methyl sites for hydroxylation is 1. The molecule has 2 aromatic rings. The number of benzene rings is 2. The summed E-state index contributed by atoms with van der Waals surface area (Å²) in [5.74, 6) is -0.0951. The van der Waals surface area contributed by atoms with Gasteiger partial charge in [-0.25, -0.2) is 0 Å². The molecule has 6 nitrogen and oxygen atoms in total. The van der Waals surface area contributed by atoms with Gasteiger partial charge in [0.25, 0.3) is 0 Å². The van der Waals surface area contributed by atoms with E-state index in [0.29, 0.717) is 36.9 Å². The number of aliphatic hydroxyl groups excluding tert-OH is 1. The van der Waals surface area contributed by atoms with Crippen molar-refractivity contribution in [1.82, 2.24) is 10.2 Å².